The average Bonchev–Trinajstić information content (AvgIpc) is 2.23. The first-order valence-electron chi connectivity index (χ1n) is 5.92. The lowest BCUT2D eigenvalue weighted by atomic mass is 9.97. The number of nitrogens with one attached hydrogen (secondary N) is 1. The first-order chi connectivity index (χ1) is 7.69. The van der Waals surface area contributed by atoms with E-state index >= 15 is 0 Å². The molecule has 0 amide bonds. The molecule has 0 aromatic heterocycles. The summed E-state index contributed by atoms with van der Waals surface area (Å²) < 4.78 is 5.21. The van der Waals surface area contributed by atoms with Gasteiger partial charge in [0, 0.05) is 0 Å². The fraction of sp³-hybridized carbons (Fsp3) is 0.917. The normalized spacial score (nSPS) is 14.5. The van der Waals surface area contributed by atoms with Crippen LogP contribution in [0.4, 0.5) is 0 Å². The van der Waals surface area contributed by atoms with Crippen LogP contribution >= 0.6 is 0 Å². The Bertz CT molecular complexity index is 235. The van der Waals surface area contributed by atoms with Gasteiger partial charge in [0.15, 0.2) is 0 Å². The monoisotopic (exact) mass is 247 g/mol. The molecule has 0 spiro atoms. The van der Waals surface area contributed by atoms with Crippen LogP contribution in [0.3, 0.4) is 0 Å². The molecule has 3 N–H and O–H groups in total. The SMILES string of the molecule is CCC(CO)(CO)NC(C)C(=O)OC(C)(C)C. The van der Waals surface area contributed by atoms with E-state index < -0.39 is 23.2 Å². The maximum atomic E-state index is 11.7. The van der Waals surface area contributed by atoms with Crippen molar-refractivity contribution < 1.29 is 19.7 Å². The van der Waals surface area contributed by atoms with Crippen LogP contribution in [0.2, 0.25) is 0 Å². The molecule has 0 aromatic carbocycles. The van der Waals surface area contributed by atoms with Gasteiger partial charge in [-0.3, -0.25) is 10.1 Å². The molecular weight excluding hydrogens is 222 g/mol. The Morgan fingerprint density at radius 3 is 2.06 bits per heavy atom. The van der Waals surface area contributed by atoms with Gasteiger partial charge in [0.2, 0.25) is 0 Å². The van der Waals surface area contributed by atoms with E-state index in [9.17, 15) is 15.0 Å². The largest absolute Gasteiger partial charge is 0.459 e. The molecule has 17 heavy (non-hydrogen) atoms. The highest BCUT2D eigenvalue weighted by Crippen LogP contribution is 2.13. The molecule has 0 saturated carbocycles. The zero-order chi connectivity index (χ0) is 13.7. The van der Waals surface area contributed by atoms with Gasteiger partial charge in [-0.05, 0) is 34.1 Å². The van der Waals surface area contributed by atoms with Crippen molar-refractivity contribution in [1.82, 2.24) is 5.32 Å². The molecule has 5 nitrogen and oxygen atoms in total. The second-order valence-electron chi connectivity index (χ2n) is 5.35. The van der Waals surface area contributed by atoms with E-state index in [0.717, 1.165) is 0 Å². The Hall–Kier alpha value is -0.650. The number of hydrogen-bond donors (Lipinski definition) is 3. The fourth-order valence-electron chi connectivity index (χ4n) is 1.38. The summed E-state index contributed by atoms with van der Waals surface area (Å²) in [4.78, 5) is 11.7. The molecular formula is C12H25NO4. The van der Waals surface area contributed by atoms with E-state index in [-0.39, 0.29) is 13.2 Å². The fourth-order valence-corrected chi connectivity index (χ4v) is 1.38. The van der Waals surface area contributed by atoms with Gasteiger partial charge in [-0.25, -0.2) is 0 Å². The number of carbonyl (C=O) groups excluding carboxylic acids is 1. The third kappa shape index (κ3) is 5.48. The summed E-state index contributed by atoms with van der Waals surface area (Å²) in [5.41, 5.74) is -1.38. The number of ether oxygens (including phenoxy) is 1. The number of rotatable bonds is 6. The van der Waals surface area contributed by atoms with Crippen molar-refractivity contribution in [3.63, 3.8) is 0 Å². The molecule has 102 valence electrons. The van der Waals surface area contributed by atoms with E-state index in [1.807, 2.05) is 6.92 Å². The van der Waals surface area contributed by atoms with Crippen molar-refractivity contribution in [3.05, 3.63) is 0 Å². The minimum atomic E-state index is -0.837. The number of aliphatic hydroxyl groups excluding tert-OH is 2. The van der Waals surface area contributed by atoms with Gasteiger partial charge in [0.05, 0.1) is 18.8 Å². The molecule has 0 fully saturated rings. The second kappa shape index (κ2) is 6.33. The number of hydrogen-bond acceptors (Lipinski definition) is 5. The molecule has 0 aliphatic rings. The summed E-state index contributed by atoms with van der Waals surface area (Å²) in [6.07, 6.45) is 0.521. The quantitative estimate of drug-likeness (QED) is 0.594. The minimum Gasteiger partial charge on any atom is -0.459 e. The van der Waals surface area contributed by atoms with Crippen molar-refractivity contribution >= 4 is 5.97 Å². The molecule has 0 saturated heterocycles. The summed E-state index contributed by atoms with van der Waals surface area (Å²) >= 11 is 0. The predicted molar refractivity (Wildman–Crippen MR) is 65.6 cm³/mol. The molecule has 1 atom stereocenters. The molecule has 0 heterocycles. The summed E-state index contributed by atoms with van der Waals surface area (Å²) in [5, 5.41) is 21.5. The number of esters is 1. The van der Waals surface area contributed by atoms with Crippen molar-refractivity contribution in [2.24, 2.45) is 0 Å². The molecule has 0 rings (SSSR count). The van der Waals surface area contributed by atoms with Gasteiger partial charge in [0.25, 0.3) is 0 Å². The summed E-state index contributed by atoms with van der Waals surface area (Å²) in [5.74, 6) is -0.391. The van der Waals surface area contributed by atoms with Crippen LogP contribution in [-0.2, 0) is 9.53 Å². The summed E-state index contributed by atoms with van der Waals surface area (Å²) in [6.45, 7) is 8.42. The van der Waals surface area contributed by atoms with Gasteiger partial charge in [-0.15, -0.1) is 0 Å². The zero-order valence-corrected chi connectivity index (χ0v) is 11.4. The van der Waals surface area contributed by atoms with E-state index in [2.05, 4.69) is 5.32 Å². The Morgan fingerprint density at radius 2 is 1.76 bits per heavy atom. The van der Waals surface area contributed by atoms with Crippen LogP contribution in [0.5, 0.6) is 0 Å². The Kier molecular flexibility index (Phi) is 6.09. The molecule has 0 aromatic rings. The third-order valence-corrected chi connectivity index (χ3v) is 2.57. The summed E-state index contributed by atoms with van der Waals surface area (Å²) in [6, 6.07) is -0.575. The molecule has 0 aliphatic carbocycles. The predicted octanol–water partition coefficient (Wildman–Crippen LogP) is 0.440. The van der Waals surface area contributed by atoms with Crippen LogP contribution in [0.15, 0.2) is 0 Å². The first-order valence-corrected chi connectivity index (χ1v) is 5.92. The number of aliphatic hydroxyl groups is 2. The van der Waals surface area contributed by atoms with Gasteiger partial charge < -0.3 is 14.9 Å². The topological polar surface area (TPSA) is 78.8 Å². The van der Waals surface area contributed by atoms with E-state index in [1.54, 1.807) is 27.7 Å². The Balaban J connectivity index is 4.51. The van der Waals surface area contributed by atoms with Crippen LogP contribution < -0.4 is 5.32 Å². The molecule has 0 aliphatic heterocycles. The van der Waals surface area contributed by atoms with Crippen LogP contribution in [0.25, 0.3) is 0 Å². The number of carbonyl (C=O) groups is 1. The molecule has 5 heteroatoms. The minimum absolute atomic E-state index is 0.229. The Labute approximate surface area is 103 Å². The maximum Gasteiger partial charge on any atom is 0.323 e. The molecule has 1 unspecified atom stereocenters. The zero-order valence-electron chi connectivity index (χ0n) is 11.4. The lowest BCUT2D eigenvalue weighted by molar-refractivity contribution is -0.158. The lowest BCUT2D eigenvalue weighted by Crippen LogP contribution is -2.57. The van der Waals surface area contributed by atoms with Crippen LogP contribution in [-0.4, -0.2) is 46.6 Å². The van der Waals surface area contributed by atoms with Crippen LogP contribution in [0.1, 0.15) is 41.0 Å². The van der Waals surface area contributed by atoms with Gasteiger partial charge in [-0.2, -0.15) is 0 Å². The Morgan fingerprint density at radius 1 is 1.29 bits per heavy atom. The van der Waals surface area contributed by atoms with E-state index in [0.29, 0.717) is 6.42 Å². The highest BCUT2D eigenvalue weighted by atomic mass is 16.6. The average molecular weight is 247 g/mol. The van der Waals surface area contributed by atoms with Crippen molar-refractivity contribution in [2.45, 2.75) is 58.2 Å². The van der Waals surface area contributed by atoms with E-state index in [1.165, 1.54) is 0 Å². The van der Waals surface area contributed by atoms with Gasteiger partial charge in [-0.1, -0.05) is 6.92 Å². The molecule has 0 bridgehead atoms. The van der Waals surface area contributed by atoms with Crippen LogP contribution in [0, 0.1) is 0 Å². The molecule has 0 radical (unpaired) electrons. The maximum absolute atomic E-state index is 11.7. The van der Waals surface area contributed by atoms with Crippen molar-refractivity contribution in [2.75, 3.05) is 13.2 Å². The second-order valence-corrected chi connectivity index (χ2v) is 5.35. The third-order valence-electron chi connectivity index (χ3n) is 2.57. The summed E-state index contributed by atoms with van der Waals surface area (Å²) in [7, 11) is 0. The van der Waals surface area contributed by atoms with Gasteiger partial charge >= 0.3 is 5.97 Å². The smallest absolute Gasteiger partial charge is 0.323 e. The van der Waals surface area contributed by atoms with Gasteiger partial charge in [0.1, 0.15) is 11.6 Å². The highest BCUT2D eigenvalue weighted by molar-refractivity contribution is 5.75. The lowest BCUT2D eigenvalue weighted by Gasteiger charge is -2.33. The van der Waals surface area contributed by atoms with E-state index in [4.69, 9.17) is 4.74 Å². The standard InChI is InChI=1S/C12H25NO4/c1-6-12(7-14,8-15)13-9(2)10(16)17-11(3,4)5/h9,13-15H,6-8H2,1-5H3. The highest BCUT2D eigenvalue weighted by Gasteiger charge is 2.32. The van der Waals surface area contributed by atoms with Crippen molar-refractivity contribution in [1.29, 1.82) is 0 Å². The first kappa shape index (κ1) is 16.4. The van der Waals surface area contributed by atoms with Crippen molar-refractivity contribution in [3.8, 4) is 0 Å².